The predicted molar refractivity (Wildman–Crippen MR) is 114 cm³/mol. The maximum Gasteiger partial charge on any atom is 0.271 e. The summed E-state index contributed by atoms with van der Waals surface area (Å²) in [6, 6.07) is 11.2. The summed E-state index contributed by atoms with van der Waals surface area (Å²) in [6.45, 7) is 3.48. The van der Waals surface area contributed by atoms with E-state index in [-0.39, 0.29) is 12.1 Å². The Morgan fingerprint density at radius 1 is 1.03 bits per heavy atom. The molecule has 2 aromatic heterocycles. The van der Waals surface area contributed by atoms with Crippen LogP contribution in [0.4, 0.5) is 0 Å². The lowest BCUT2D eigenvalue weighted by Crippen LogP contribution is -2.42. The van der Waals surface area contributed by atoms with Crippen molar-refractivity contribution in [2.75, 3.05) is 6.54 Å². The van der Waals surface area contributed by atoms with Gasteiger partial charge in [-0.05, 0) is 37.6 Å². The first kappa shape index (κ1) is 19.6. The first-order chi connectivity index (χ1) is 14.5. The third-order valence-corrected chi connectivity index (χ3v) is 6.69. The fraction of sp³-hybridized carbons (Fsp3) is 0.143. The van der Waals surface area contributed by atoms with Gasteiger partial charge in [-0.15, -0.1) is 0 Å². The predicted octanol–water partition coefficient (Wildman–Crippen LogP) is 3.90. The van der Waals surface area contributed by atoms with Gasteiger partial charge in [-0.2, -0.15) is 10.5 Å². The number of fused-ring (bicyclic) bond motifs is 1. The number of amides is 2. The third-order valence-electron chi connectivity index (χ3n) is 4.66. The number of carbonyl (C=O) groups excluding carboxylic acids is 2. The van der Waals surface area contributed by atoms with Crippen molar-refractivity contribution >= 4 is 50.2 Å². The van der Waals surface area contributed by atoms with E-state index in [0.717, 1.165) is 25.1 Å². The van der Waals surface area contributed by atoms with E-state index in [0.29, 0.717) is 21.7 Å². The van der Waals surface area contributed by atoms with E-state index in [1.165, 1.54) is 22.7 Å². The van der Waals surface area contributed by atoms with Gasteiger partial charge >= 0.3 is 0 Å². The van der Waals surface area contributed by atoms with Crippen molar-refractivity contribution in [3.05, 3.63) is 51.6 Å². The highest BCUT2D eigenvalue weighted by atomic mass is 32.1. The van der Waals surface area contributed by atoms with Crippen LogP contribution in [0.25, 0.3) is 26.3 Å². The molecule has 1 aromatic carbocycles. The Morgan fingerprint density at radius 2 is 1.73 bits per heavy atom. The van der Waals surface area contributed by atoms with Crippen molar-refractivity contribution < 1.29 is 9.59 Å². The molecule has 0 fully saturated rings. The molecule has 1 aliphatic rings. The summed E-state index contributed by atoms with van der Waals surface area (Å²) < 4.78 is 0. The van der Waals surface area contributed by atoms with Crippen LogP contribution in [-0.4, -0.2) is 33.2 Å². The first-order valence-corrected chi connectivity index (χ1v) is 10.6. The van der Waals surface area contributed by atoms with Gasteiger partial charge in [0.15, 0.2) is 9.66 Å². The van der Waals surface area contributed by atoms with Crippen molar-refractivity contribution in [1.82, 2.24) is 14.9 Å². The standard InChI is InChI=1S/C21H13N5O2S2/c1-3-26-20(27)14(11(2)15(10-23)21(26)28)8-16-24-18-19(29-16)25-17(30-18)13-6-4-12(9-22)5-7-13/h4-8H,3H2,1-2H3/b14-8-. The number of benzene rings is 1. The molecule has 9 heteroatoms. The molecule has 7 nitrogen and oxygen atoms in total. The Labute approximate surface area is 179 Å². The van der Waals surface area contributed by atoms with Crippen molar-refractivity contribution in [3.63, 3.8) is 0 Å². The molecule has 3 aromatic rings. The number of hydrogen-bond acceptors (Lipinski definition) is 8. The SMILES string of the molecule is CCN1C(=O)C(C#N)=C(C)/C(=C/c2nc3sc(-c4ccc(C#N)cc4)nc3s2)C1=O. The molecule has 3 heterocycles. The molecule has 0 unspecified atom stereocenters. The zero-order chi connectivity index (χ0) is 21.4. The van der Waals surface area contributed by atoms with Gasteiger partial charge in [-0.1, -0.05) is 34.8 Å². The van der Waals surface area contributed by atoms with Crippen LogP contribution in [0.1, 0.15) is 24.4 Å². The topological polar surface area (TPSA) is 111 Å². The van der Waals surface area contributed by atoms with Gasteiger partial charge in [0.25, 0.3) is 11.8 Å². The van der Waals surface area contributed by atoms with E-state index < -0.39 is 11.8 Å². The molecule has 0 spiro atoms. The van der Waals surface area contributed by atoms with Gasteiger partial charge in [-0.3, -0.25) is 14.5 Å². The highest BCUT2D eigenvalue weighted by molar-refractivity contribution is 7.28. The summed E-state index contributed by atoms with van der Waals surface area (Å²) in [6.07, 6.45) is 1.62. The Balaban J connectivity index is 1.72. The Kier molecular flexibility index (Phi) is 5.00. The van der Waals surface area contributed by atoms with Crippen LogP contribution in [0, 0.1) is 22.7 Å². The minimum absolute atomic E-state index is 0.0257. The maximum absolute atomic E-state index is 12.7. The molecule has 1 aliphatic heterocycles. The molecule has 4 rings (SSSR count). The van der Waals surface area contributed by atoms with Crippen LogP contribution >= 0.6 is 22.7 Å². The summed E-state index contributed by atoms with van der Waals surface area (Å²) in [7, 11) is 0. The van der Waals surface area contributed by atoms with E-state index in [1.54, 1.807) is 32.1 Å². The van der Waals surface area contributed by atoms with E-state index >= 15 is 0 Å². The third kappa shape index (κ3) is 3.20. The van der Waals surface area contributed by atoms with Gasteiger partial charge in [0.05, 0.1) is 11.6 Å². The highest BCUT2D eigenvalue weighted by Crippen LogP contribution is 2.35. The Bertz CT molecular complexity index is 1320. The van der Waals surface area contributed by atoms with Crippen LogP contribution in [0.15, 0.2) is 41.0 Å². The molecule has 146 valence electrons. The lowest BCUT2D eigenvalue weighted by Gasteiger charge is -2.25. The van der Waals surface area contributed by atoms with Crippen molar-refractivity contribution in [1.29, 1.82) is 10.5 Å². The Morgan fingerprint density at radius 3 is 2.33 bits per heavy atom. The molecule has 30 heavy (non-hydrogen) atoms. The molecule has 0 radical (unpaired) electrons. The number of imide groups is 1. The number of aromatic nitrogens is 2. The summed E-state index contributed by atoms with van der Waals surface area (Å²) in [4.78, 5) is 36.7. The van der Waals surface area contributed by atoms with Crippen LogP contribution in [0.5, 0.6) is 0 Å². The van der Waals surface area contributed by atoms with Crippen LogP contribution in [0.2, 0.25) is 0 Å². The number of nitrogens with zero attached hydrogens (tertiary/aromatic N) is 5. The minimum atomic E-state index is -0.562. The van der Waals surface area contributed by atoms with Crippen molar-refractivity contribution in [2.45, 2.75) is 13.8 Å². The van der Waals surface area contributed by atoms with Gasteiger partial charge in [0.2, 0.25) is 0 Å². The summed E-state index contributed by atoms with van der Waals surface area (Å²) in [5.41, 5.74) is 2.12. The van der Waals surface area contributed by atoms with Crippen LogP contribution < -0.4 is 0 Å². The fourth-order valence-electron chi connectivity index (χ4n) is 3.07. The Hall–Kier alpha value is -3.66. The van der Waals surface area contributed by atoms with E-state index in [4.69, 9.17) is 5.26 Å². The average molecular weight is 432 g/mol. The van der Waals surface area contributed by atoms with Crippen molar-refractivity contribution in [2.24, 2.45) is 0 Å². The van der Waals surface area contributed by atoms with Crippen LogP contribution in [0.3, 0.4) is 0 Å². The smallest absolute Gasteiger partial charge is 0.271 e. The lowest BCUT2D eigenvalue weighted by atomic mass is 9.95. The second-order valence-electron chi connectivity index (χ2n) is 6.39. The quantitative estimate of drug-likeness (QED) is 0.459. The normalized spacial score (nSPS) is 15.7. The van der Waals surface area contributed by atoms with Crippen molar-refractivity contribution in [3.8, 4) is 22.7 Å². The molecule has 0 saturated carbocycles. The first-order valence-electron chi connectivity index (χ1n) is 8.94. The molecule has 0 saturated heterocycles. The van der Waals surface area contributed by atoms with E-state index in [1.807, 2.05) is 18.2 Å². The molecule has 0 aliphatic carbocycles. The number of hydrogen-bond donors (Lipinski definition) is 0. The number of thiazole rings is 2. The van der Waals surface area contributed by atoms with Gasteiger partial charge in [-0.25, -0.2) is 9.97 Å². The number of nitriles is 2. The van der Waals surface area contributed by atoms with Gasteiger partial charge in [0, 0.05) is 17.7 Å². The summed E-state index contributed by atoms with van der Waals surface area (Å²) in [5.74, 6) is -0.989. The minimum Gasteiger partial charge on any atom is -0.274 e. The number of rotatable bonds is 3. The van der Waals surface area contributed by atoms with E-state index in [2.05, 4.69) is 16.0 Å². The lowest BCUT2D eigenvalue weighted by molar-refractivity contribution is -0.140. The van der Waals surface area contributed by atoms with Gasteiger partial charge < -0.3 is 0 Å². The number of carbonyl (C=O) groups is 2. The summed E-state index contributed by atoms with van der Waals surface area (Å²) >= 11 is 2.76. The monoisotopic (exact) mass is 431 g/mol. The highest BCUT2D eigenvalue weighted by Gasteiger charge is 2.34. The summed E-state index contributed by atoms with van der Waals surface area (Å²) in [5, 5.41) is 19.6. The molecule has 0 N–H and O–H groups in total. The zero-order valence-corrected chi connectivity index (χ0v) is 17.6. The molecule has 0 atom stereocenters. The zero-order valence-electron chi connectivity index (χ0n) is 16.0. The second-order valence-corrected chi connectivity index (χ2v) is 8.38. The molecule has 0 bridgehead atoms. The van der Waals surface area contributed by atoms with Gasteiger partial charge in [0.1, 0.15) is 21.7 Å². The maximum atomic E-state index is 12.7. The van der Waals surface area contributed by atoms with E-state index in [9.17, 15) is 14.9 Å². The van der Waals surface area contributed by atoms with Crippen LogP contribution in [-0.2, 0) is 9.59 Å². The second kappa shape index (κ2) is 7.64. The molecular weight excluding hydrogens is 418 g/mol. The molecule has 2 amide bonds. The number of likely N-dealkylation sites (N-methyl/N-ethyl adjacent to an activating group) is 1. The largest absolute Gasteiger partial charge is 0.274 e. The average Bonchev–Trinajstić information content (AvgIpc) is 3.31. The molecular formula is C21H13N5O2S2. The fourth-order valence-corrected chi connectivity index (χ4v) is 5.07.